The lowest BCUT2D eigenvalue weighted by Gasteiger charge is -2.37. The van der Waals surface area contributed by atoms with Gasteiger partial charge in [-0.05, 0) is 13.1 Å². The van der Waals surface area contributed by atoms with Crippen LogP contribution in [0, 0.1) is 0 Å². The van der Waals surface area contributed by atoms with E-state index in [-0.39, 0.29) is 17.6 Å². The van der Waals surface area contributed by atoms with E-state index in [1.54, 1.807) is 0 Å². The number of piperazine rings is 1. The van der Waals surface area contributed by atoms with Crippen LogP contribution in [0.1, 0.15) is 32.2 Å². The minimum atomic E-state index is -0.247. The van der Waals surface area contributed by atoms with Gasteiger partial charge in [0.1, 0.15) is 0 Å². The second kappa shape index (κ2) is 6.51. The molecule has 2 aliphatic rings. The number of β-amino-alcohol motifs (C(OH)–C–C–N with tert-alkyl or cyclic N) is 1. The Morgan fingerprint density at radius 1 is 1.22 bits per heavy atom. The van der Waals surface area contributed by atoms with Gasteiger partial charge in [-0.15, -0.1) is 0 Å². The number of nitrogens with zero attached hydrogens (tertiary/aromatic N) is 4. The number of H-pyrrole nitrogens is 1. The maximum Gasteiger partial charge on any atom is 0.0834 e. The lowest BCUT2D eigenvalue weighted by atomic mass is 9.92. The Morgan fingerprint density at radius 2 is 1.91 bits per heavy atom. The van der Waals surface area contributed by atoms with Gasteiger partial charge in [0, 0.05) is 63.0 Å². The van der Waals surface area contributed by atoms with Gasteiger partial charge in [-0.25, -0.2) is 0 Å². The van der Waals surface area contributed by atoms with E-state index < -0.39 is 0 Å². The molecule has 0 radical (unpaired) electrons. The molecule has 1 aromatic heterocycles. The van der Waals surface area contributed by atoms with Crippen molar-refractivity contribution in [2.75, 3.05) is 46.3 Å². The summed E-state index contributed by atoms with van der Waals surface area (Å²) in [5, 5.41) is 18.1. The van der Waals surface area contributed by atoms with Crippen molar-refractivity contribution in [2.24, 2.45) is 0 Å². The molecule has 2 fully saturated rings. The normalized spacial score (nSPS) is 28.6. The summed E-state index contributed by atoms with van der Waals surface area (Å²) in [4.78, 5) is 7.15. The molecule has 6 heteroatoms. The number of aliphatic hydroxyl groups excluding tert-OH is 1. The highest BCUT2D eigenvalue weighted by Crippen LogP contribution is 2.23. The molecule has 1 aromatic rings. The summed E-state index contributed by atoms with van der Waals surface area (Å²) in [5.74, 6) is 0. The van der Waals surface area contributed by atoms with Gasteiger partial charge in [-0.2, -0.15) is 5.10 Å². The van der Waals surface area contributed by atoms with Gasteiger partial charge in [0.2, 0.25) is 0 Å². The number of likely N-dealkylation sites (tertiary alicyclic amines) is 1. The van der Waals surface area contributed by atoms with Gasteiger partial charge in [0.15, 0.2) is 0 Å². The van der Waals surface area contributed by atoms with E-state index in [1.807, 2.05) is 0 Å². The molecular weight excluding hydrogens is 290 g/mol. The minimum Gasteiger partial charge on any atom is -0.390 e. The molecule has 6 nitrogen and oxygen atoms in total. The number of hydrogen-bond acceptors (Lipinski definition) is 5. The van der Waals surface area contributed by atoms with E-state index in [1.165, 1.54) is 0 Å². The van der Waals surface area contributed by atoms with E-state index in [0.29, 0.717) is 0 Å². The highest BCUT2D eigenvalue weighted by atomic mass is 16.3. The topological polar surface area (TPSA) is 58.6 Å². The number of aliphatic hydroxyl groups is 1. The second-order valence-electron chi connectivity index (χ2n) is 8.20. The van der Waals surface area contributed by atoms with Crippen molar-refractivity contribution in [3.63, 3.8) is 0 Å². The van der Waals surface area contributed by atoms with Gasteiger partial charge in [0.25, 0.3) is 0 Å². The quantitative estimate of drug-likeness (QED) is 0.849. The van der Waals surface area contributed by atoms with E-state index in [9.17, 15) is 5.11 Å². The molecule has 2 atom stereocenters. The highest BCUT2D eigenvalue weighted by Gasteiger charge is 2.36. The summed E-state index contributed by atoms with van der Waals surface area (Å²) >= 11 is 0. The predicted molar refractivity (Wildman–Crippen MR) is 91.4 cm³/mol. The van der Waals surface area contributed by atoms with Crippen LogP contribution in [0.5, 0.6) is 0 Å². The molecule has 130 valence electrons. The Kier molecular flexibility index (Phi) is 4.78. The third kappa shape index (κ3) is 3.94. The fraction of sp³-hybridized carbons (Fsp3) is 0.824. The van der Waals surface area contributed by atoms with Crippen molar-refractivity contribution in [3.8, 4) is 0 Å². The Labute approximate surface area is 139 Å². The van der Waals surface area contributed by atoms with Crippen LogP contribution < -0.4 is 0 Å². The van der Waals surface area contributed by atoms with Gasteiger partial charge in [-0.1, -0.05) is 20.8 Å². The zero-order chi connectivity index (χ0) is 16.6. The first-order chi connectivity index (χ1) is 10.8. The second-order valence-corrected chi connectivity index (χ2v) is 8.20. The van der Waals surface area contributed by atoms with Crippen LogP contribution in [0.25, 0.3) is 0 Å². The van der Waals surface area contributed by atoms with E-state index >= 15 is 0 Å². The fourth-order valence-corrected chi connectivity index (χ4v) is 3.56. The van der Waals surface area contributed by atoms with Crippen LogP contribution in [0.3, 0.4) is 0 Å². The summed E-state index contributed by atoms with van der Waals surface area (Å²) in [6.45, 7) is 13.4. The van der Waals surface area contributed by atoms with Gasteiger partial charge >= 0.3 is 0 Å². The van der Waals surface area contributed by atoms with Crippen LogP contribution in [-0.2, 0) is 12.0 Å². The number of hydrogen-bond donors (Lipinski definition) is 2. The third-order valence-corrected chi connectivity index (χ3v) is 5.13. The Morgan fingerprint density at radius 3 is 2.52 bits per heavy atom. The molecule has 0 saturated carbocycles. The van der Waals surface area contributed by atoms with Crippen LogP contribution in [0.2, 0.25) is 0 Å². The Bertz CT molecular complexity index is 515. The zero-order valence-corrected chi connectivity index (χ0v) is 14.9. The first kappa shape index (κ1) is 16.9. The molecule has 0 spiro atoms. The molecular formula is C17H31N5O. The number of aromatic amines is 1. The average molecular weight is 321 g/mol. The van der Waals surface area contributed by atoms with Crippen molar-refractivity contribution in [1.82, 2.24) is 24.9 Å². The molecule has 0 unspecified atom stereocenters. The summed E-state index contributed by atoms with van der Waals surface area (Å²) in [6.07, 6.45) is -0.247. The monoisotopic (exact) mass is 321 g/mol. The molecule has 23 heavy (non-hydrogen) atoms. The Hall–Kier alpha value is -0.950. The standard InChI is InChI=1S/C17H31N5O/c1-17(2,3)16-9-13(18-19-16)10-21-11-14(15(23)12-21)22-7-5-20(4)6-8-22/h9,14-15,23H,5-8,10-12H2,1-4H3,(H,18,19)/t14-,15-/m0/s1. The largest absolute Gasteiger partial charge is 0.390 e. The Balaban J connectivity index is 1.57. The number of rotatable bonds is 3. The van der Waals surface area contributed by atoms with Crippen molar-refractivity contribution in [1.29, 1.82) is 0 Å². The summed E-state index contributed by atoms with van der Waals surface area (Å²) < 4.78 is 0. The van der Waals surface area contributed by atoms with Gasteiger partial charge in [-0.3, -0.25) is 14.9 Å². The molecule has 0 bridgehead atoms. The zero-order valence-electron chi connectivity index (χ0n) is 14.9. The molecule has 0 aliphatic carbocycles. The lowest BCUT2D eigenvalue weighted by molar-refractivity contribution is 0.0512. The molecule has 3 rings (SSSR count). The van der Waals surface area contributed by atoms with Crippen LogP contribution >= 0.6 is 0 Å². The molecule has 2 aliphatic heterocycles. The maximum atomic E-state index is 10.5. The predicted octanol–water partition coefficient (Wildman–Crippen LogP) is 0.500. The maximum absolute atomic E-state index is 10.5. The van der Waals surface area contributed by atoms with Gasteiger partial charge < -0.3 is 10.0 Å². The molecule has 2 saturated heterocycles. The fourth-order valence-electron chi connectivity index (χ4n) is 3.56. The molecule has 0 aromatic carbocycles. The van der Waals surface area contributed by atoms with E-state index in [0.717, 1.165) is 57.2 Å². The minimum absolute atomic E-state index is 0.0711. The van der Waals surface area contributed by atoms with E-state index in [4.69, 9.17) is 0 Å². The molecule has 2 N–H and O–H groups in total. The van der Waals surface area contributed by atoms with Crippen LogP contribution in [0.15, 0.2) is 6.07 Å². The van der Waals surface area contributed by atoms with Gasteiger partial charge in [0.05, 0.1) is 11.8 Å². The smallest absolute Gasteiger partial charge is 0.0834 e. The van der Waals surface area contributed by atoms with Crippen molar-refractivity contribution < 1.29 is 5.11 Å². The van der Waals surface area contributed by atoms with Crippen LogP contribution in [-0.4, -0.2) is 88.5 Å². The molecule has 0 amide bonds. The third-order valence-electron chi connectivity index (χ3n) is 5.13. The highest BCUT2D eigenvalue weighted by molar-refractivity contribution is 5.16. The lowest BCUT2D eigenvalue weighted by Crippen LogP contribution is -2.52. The first-order valence-corrected chi connectivity index (χ1v) is 8.71. The number of nitrogens with one attached hydrogen (secondary N) is 1. The average Bonchev–Trinajstić information content (AvgIpc) is 3.07. The van der Waals surface area contributed by atoms with Crippen LogP contribution in [0.4, 0.5) is 0 Å². The summed E-state index contributed by atoms with van der Waals surface area (Å²) in [5.41, 5.74) is 2.31. The summed E-state index contributed by atoms with van der Waals surface area (Å²) in [6, 6.07) is 2.43. The molecule has 3 heterocycles. The van der Waals surface area contributed by atoms with Crippen molar-refractivity contribution in [2.45, 2.75) is 44.9 Å². The van der Waals surface area contributed by atoms with Crippen molar-refractivity contribution in [3.05, 3.63) is 17.5 Å². The summed E-state index contributed by atoms with van der Waals surface area (Å²) in [7, 11) is 2.17. The SMILES string of the molecule is CN1CCN([C@H]2CN(Cc3cc(C(C)(C)C)n[nH]3)C[C@@H]2O)CC1. The first-order valence-electron chi connectivity index (χ1n) is 8.71. The van der Waals surface area contributed by atoms with E-state index in [2.05, 4.69) is 58.8 Å². The van der Waals surface area contributed by atoms with Crippen molar-refractivity contribution >= 4 is 0 Å². The number of likely N-dealkylation sites (N-methyl/N-ethyl adjacent to an activating group) is 1. The number of aromatic nitrogens is 2.